The maximum atomic E-state index is 15.5. The van der Waals surface area contributed by atoms with Crippen LogP contribution >= 0.6 is 11.8 Å². The van der Waals surface area contributed by atoms with Gasteiger partial charge in [-0.1, -0.05) is 0 Å². The Kier molecular flexibility index (Phi) is 9.47. The summed E-state index contributed by atoms with van der Waals surface area (Å²) in [5, 5.41) is 18.0. The molecule has 1 aromatic carbocycles. The minimum Gasteiger partial charge on any atom is -0.497 e. The van der Waals surface area contributed by atoms with Crippen molar-refractivity contribution in [3.8, 4) is 5.75 Å². The quantitative estimate of drug-likeness (QED) is 0.254. The van der Waals surface area contributed by atoms with Crippen molar-refractivity contribution >= 4 is 28.6 Å². The highest BCUT2D eigenvalue weighted by atomic mass is 32.2. The molecule has 36 heavy (non-hydrogen) atoms. The number of rotatable bonds is 12. The molecule has 192 valence electrons. The number of thioether (sulfide) groups is 1. The van der Waals surface area contributed by atoms with Gasteiger partial charge in [0, 0.05) is 29.4 Å². The Morgan fingerprint density at radius 3 is 2.92 bits per heavy atom. The number of ether oxygens (including phenoxy) is 1. The van der Waals surface area contributed by atoms with Gasteiger partial charge >= 0.3 is 5.97 Å². The van der Waals surface area contributed by atoms with E-state index in [1.807, 2.05) is 24.3 Å². The molecule has 1 aliphatic rings. The maximum absolute atomic E-state index is 15.5. The maximum Gasteiger partial charge on any atom is 0.303 e. The molecule has 1 N–H and O–H groups in total. The molecule has 0 spiro atoms. The number of carbonyl (C=O) groups is 1. The number of fused-ring (bicyclic) bond motifs is 1. The third kappa shape index (κ3) is 7.13. The van der Waals surface area contributed by atoms with Crippen LogP contribution in [0.5, 0.6) is 5.75 Å². The third-order valence-electron chi connectivity index (χ3n) is 6.97. The molecule has 0 unspecified atom stereocenters. The van der Waals surface area contributed by atoms with Crippen molar-refractivity contribution in [3.05, 3.63) is 54.5 Å². The van der Waals surface area contributed by atoms with Gasteiger partial charge in [0.1, 0.15) is 11.9 Å². The van der Waals surface area contributed by atoms with Crippen LogP contribution in [-0.2, 0) is 4.79 Å². The van der Waals surface area contributed by atoms with E-state index < -0.39 is 12.1 Å². The van der Waals surface area contributed by atoms with Crippen LogP contribution in [0.3, 0.4) is 0 Å². The summed E-state index contributed by atoms with van der Waals surface area (Å²) < 4.78 is 20.8. The first-order valence-electron chi connectivity index (χ1n) is 12.4. The second-order valence-electron chi connectivity index (χ2n) is 9.32. The zero-order valence-corrected chi connectivity index (χ0v) is 21.4. The van der Waals surface area contributed by atoms with Crippen LogP contribution in [0.1, 0.15) is 43.8 Å². The number of hydrogen-bond acceptors (Lipinski definition) is 7. The zero-order valence-electron chi connectivity index (χ0n) is 20.6. The molecule has 0 saturated carbocycles. The molecule has 0 radical (unpaired) electrons. The number of likely N-dealkylation sites (tertiary alicyclic amines) is 1. The molecule has 3 atom stereocenters. The SMILES string of the molecule is COc1ccc2nccc([C@@H](F)CC[C@@H]3CCN(CCCSc4ccnnc4)C[C@@H]3CC(=O)O)c2c1. The Labute approximate surface area is 215 Å². The molecule has 7 nitrogen and oxygen atoms in total. The Morgan fingerprint density at radius 1 is 1.25 bits per heavy atom. The lowest BCUT2D eigenvalue weighted by Crippen LogP contribution is -2.42. The van der Waals surface area contributed by atoms with Crippen LogP contribution in [0.4, 0.5) is 4.39 Å². The van der Waals surface area contributed by atoms with Crippen molar-refractivity contribution in [2.24, 2.45) is 11.8 Å². The fourth-order valence-electron chi connectivity index (χ4n) is 5.10. The molecule has 1 fully saturated rings. The van der Waals surface area contributed by atoms with E-state index in [1.165, 1.54) is 0 Å². The Balaban J connectivity index is 1.31. The fraction of sp³-hybridized carbons (Fsp3) is 0.481. The number of aliphatic carboxylic acids is 1. The lowest BCUT2D eigenvalue weighted by Gasteiger charge is -2.38. The first-order chi connectivity index (χ1) is 17.5. The van der Waals surface area contributed by atoms with Crippen LogP contribution in [0.2, 0.25) is 0 Å². The summed E-state index contributed by atoms with van der Waals surface area (Å²) in [7, 11) is 1.59. The van der Waals surface area contributed by atoms with Crippen molar-refractivity contribution in [1.82, 2.24) is 20.1 Å². The number of halogens is 1. The zero-order chi connectivity index (χ0) is 25.3. The highest BCUT2D eigenvalue weighted by Gasteiger charge is 2.31. The second kappa shape index (κ2) is 13.0. The number of methoxy groups -OCH3 is 1. The van der Waals surface area contributed by atoms with Crippen molar-refractivity contribution < 1.29 is 19.0 Å². The monoisotopic (exact) mass is 512 g/mol. The molecule has 0 amide bonds. The summed E-state index contributed by atoms with van der Waals surface area (Å²) >= 11 is 1.76. The van der Waals surface area contributed by atoms with Crippen LogP contribution in [0.15, 0.2) is 53.8 Å². The number of hydrogen-bond donors (Lipinski definition) is 1. The van der Waals surface area contributed by atoms with Crippen molar-refractivity contribution in [1.29, 1.82) is 0 Å². The van der Waals surface area contributed by atoms with E-state index in [2.05, 4.69) is 20.1 Å². The molecule has 1 aliphatic heterocycles. The van der Waals surface area contributed by atoms with Crippen LogP contribution in [-0.4, -0.2) is 63.7 Å². The number of alkyl halides is 1. The summed E-state index contributed by atoms with van der Waals surface area (Å²) in [4.78, 5) is 19.4. The number of piperidine rings is 1. The topological polar surface area (TPSA) is 88.4 Å². The molecule has 0 bridgehead atoms. The summed E-state index contributed by atoms with van der Waals surface area (Å²) in [5.41, 5.74) is 1.36. The Bertz CT molecular complexity index is 1140. The largest absolute Gasteiger partial charge is 0.497 e. The van der Waals surface area contributed by atoms with Crippen molar-refractivity contribution in [2.75, 3.05) is 32.5 Å². The molecule has 4 rings (SSSR count). The lowest BCUT2D eigenvalue weighted by molar-refractivity contribution is -0.139. The van der Waals surface area contributed by atoms with Gasteiger partial charge in [-0.3, -0.25) is 9.78 Å². The van der Waals surface area contributed by atoms with Gasteiger partial charge in [-0.25, -0.2) is 4.39 Å². The molecular formula is C27H33FN4O3S. The number of aromatic nitrogens is 3. The average molecular weight is 513 g/mol. The minimum atomic E-state index is -1.13. The number of benzene rings is 1. The predicted molar refractivity (Wildman–Crippen MR) is 139 cm³/mol. The first kappa shape index (κ1) is 26.3. The van der Waals surface area contributed by atoms with E-state index in [0.717, 1.165) is 54.0 Å². The van der Waals surface area contributed by atoms with Gasteiger partial charge in [-0.15, -0.1) is 11.8 Å². The standard InChI is InChI=1S/C27H33FN4O3S/c1-35-21-4-6-26-24(16-21)23(8-10-29-26)25(28)5-3-19-9-13-32(18-20(19)15-27(33)34)12-2-14-36-22-7-11-30-31-17-22/h4,6-8,10-11,16-17,19-20,25H,2-3,5,9,12-15,18H2,1H3,(H,33,34)/t19-,20+,25+/m1/s1. The Morgan fingerprint density at radius 2 is 2.14 bits per heavy atom. The molecule has 0 aliphatic carbocycles. The van der Waals surface area contributed by atoms with E-state index >= 15 is 4.39 Å². The molecule has 9 heteroatoms. The van der Waals surface area contributed by atoms with Gasteiger partial charge in [0.2, 0.25) is 0 Å². The van der Waals surface area contributed by atoms with E-state index in [4.69, 9.17) is 4.74 Å². The first-order valence-corrected chi connectivity index (χ1v) is 13.4. The lowest BCUT2D eigenvalue weighted by atomic mass is 9.79. The van der Waals surface area contributed by atoms with Crippen molar-refractivity contribution in [2.45, 2.75) is 43.2 Å². The van der Waals surface area contributed by atoms with E-state index in [1.54, 1.807) is 43.5 Å². The average Bonchev–Trinajstić information content (AvgIpc) is 2.90. The second-order valence-corrected chi connectivity index (χ2v) is 10.5. The number of nitrogens with zero attached hydrogens (tertiary/aromatic N) is 4. The van der Waals surface area contributed by atoms with Gasteiger partial charge in [-0.05, 0) is 92.3 Å². The third-order valence-corrected chi connectivity index (χ3v) is 8.04. The minimum absolute atomic E-state index is 0.0368. The normalized spacial score (nSPS) is 19.3. The van der Waals surface area contributed by atoms with Gasteiger partial charge in [0.05, 0.1) is 25.0 Å². The summed E-state index contributed by atoms with van der Waals surface area (Å²) in [6, 6.07) is 9.19. The van der Waals surface area contributed by atoms with E-state index in [-0.39, 0.29) is 18.3 Å². The highest BCUT2D eigenvalue weighted by molar-refractivity contribution is 7.99. The van der Waals surface area contributed by atoms with Gasteiger partial charge in [0.25, 0.3) is 0 Å². The smallest absolute Gasteiger partial charge is 0.303 e. The Hall–Kier alpha value is -2.78. The molecule has 1 saturated heterocycles. The van der Waals surface area contributed by atoms with Gasteiger partial charge < -0.3 is 14.7 Å². The predicted octanol–water partition coefficient (Wildman–Crippen LogP) is 5.42. The van der Waals surface area contributed by atoms with E-state index in [0.29, 0.717) is 24.2 Å². The number of pyridine rings is 1. The molecule has 3 heterocycles. The highest BCUT2D eigenvalue weighted by Crippen LogP contribution is 2.36. The van der Waals surface area contributed by atoms with Crippen LogP contribution < -0.4 is 4.74 Å². The van der Waals surface area contributed by atoms with Crippen LogP contribution in [0, 0.1) is 11.8 Å². The van der Waals surface area contributed by atoms with Gasteiger partial charge in [-0.2, -0.15) is 10.2 Å². The summed E-state index contributed by atoms with van der Waals surface area (Å²) in [6.07, 6.45) is 7.06. The number of carboxylic acid groups (broad SMARTS) is 1. The molecular weight excluding hydrogens is 479 g/mol. The van der Waals surface area contributed by atoms with Gasteiger partial charge in [0.15, 0.2) is 0 Å². The summed E-state index contributed by atoms with van der Waals surface area (Å²) in [6.45, 7) is 2.62. The molecule has 3 aromatic rings. The van der Waals surface area contributed by atoms with Crippen LogP contribution in [0.25, 0.3) is 10.9 Å². The van der Waals surface area contributed by atoms with Crippen molar-refractivity contribution in [3.63, 3.8) is 0 Å². The number of carboxylic acids is 1. The van der Waals surface area contributed by atoms with E-state index in [9.17, 15) is 9.90 Å². The molecule has 2 aromatic heterocycles. The fourth-order valence-corrected chi connectivity index (χ4v) is 5.89. The summed E-state index contributed by atoms with van der Waals surface area (Å²) in [5.74, 6) is 1.11.